The maximum atomic E-state index is 12.9. The molecule has 0 atom stereocenters. The van der Waals surface area contributed by atoms with Crippen LogP contribution in [-0.4, -0.2) is 48.1 Å². The first-order valence-electron chi connectivity index (χ1n) is 5.62. The fourth-order valence-corrected chi connectivity index (χ4v) is 1.41. The highest BCUT2D eigenvalue weighted by Gasteiger charge is 2.03. The number of fused-ring (bicyclic) bond motifs is 1. The van der Waals surface area contributed by atoms with E-state index >= 15 is 0 Å². The summed E-state index contributed by atoms with van der Waals surface area (Å²) in [5.74, 6) is 0.109. The van der Waals surface area contributed by atoms with Crippen molar-refractivity contribution >= 4 is 11.6 Å². The minimum Gasteiger partial charge on any atom is -0.382 e. The molecule has 0 fully saturated rings. The maximum absolute atomic E-state index is 12.9. The largest absolute Gasteiger partial charge is 0.382 e. The molecule has 0 saturated carbocycles. The molecule has 0 aliphatic carbocycles. The first-order chi connectivity index (χ1) is 8.79. The zero-order chi connectivity index (χ0) is 12.8. The van der Waals surface area contributed by atoms with E-state index in [2.05, 4.69) is 15.4 Å². The first-order valence-corrected chi connectivity index (χ1v) is 5.62. The second kappa shape index (κ2) is 6.27. The predicted molar refractivity (Wildman–Crippen MR) is 64.1 cm³/mol. The van der Waals surface area contributed by atoms with Crippen LogP contribution < -0.4 is 5.32 Å². The van der Waals surface area contributed by atoms with Crippen molar-refractivity contribution < 1.29 is 13.9 Å². The summed E-state index contributed by atoms with van der Waals surface area (Å²) >= 11 is 0. The molecule has 0 bridgehead atoms. The van der Waals surface area contributed by atoms with Crippen LogP contribution in [0, 0.1) is 5.82 Å². The number of nitrogens with zero attached hydrogens (tertiary/aromatic N) is 3. The number of hydrogen-bond acceptors (Lipinski definition) is 5. The highest BCUT2D eigenvalue weighted by Crippen LogP contribution is 2.06. The fourth-order valence-electron chi connectivity index (χ4n) is 1.41. The number of ether oxygens (including phenoxy) is 2. The normalized spacial score (nSPS) is 11.0. The number of aromatic nitrogens is 3. The van der Waals surface area contributed by atoms with E-state index in [1.807, 2.05) is 0 Å². The molecule has 0 aliphatic heterocycles. The summed E-state index contributed by atoms with van der Waals surface area (Å²) in [4.78, 5) is 4.18. The smallest absolute Gasteiger partial charge is 0.243 e. The van der Waals surface area contributed by atoms with Crippen LogP contribution in [0.5, 0.6) is 0 Å². The SMILES string of the molecule is COCCOCCNc1nc2ccc(F)cn2n1. The van der Waals surface area contributed by atoms with Gasteiger partial charge in [-0.1, -0.05) is 0 Å². The molecule has 1 N–H and O–H groups in total. The number of hydrogen-bond donors (Lipinski definition) is 1. The Balaban J connectivity index is 1.81. The Kier molecular flexibility index (Phi) is 4.43. The molecule has 0 radical (unpaired) electrons. The van der Waals surface area contributed by atoms with Gasteiger partial charge in [0.25, 0.3) is 0 Å². The van der Waals surface area contributed by atoms with Gasteiger partial charge in [0.15, 0.2) is 5.65 Å². The topological polar surface area (TPSA) is 60.7 Å². The van der Waals surface area contributed by atoms with Crippen molar-refractivity contribution in [3.05, 3.63) is 24.1 Å². The van der Waals surface area contributed by atoms with Crippen LogP contribution in [0.3, 0.4) is 0 Å². The standard InChI is InChI=1S/C11H15FN4O2/c1-17-6-7-18-5-4-13-11-14-10-3-2-9(12)8-16(10)15-11/h2-3,8H,4-7H2,1H3,(H,13,15). The van der Waals surface area contributed by atoms with Crippen molar-refractivity contribution in [2.75, 3.05) is 38.8 Å². The van der Waals surface area contributed by atoms with Gasteiger partial charge in [0.2, 0.25) is 5.95 Å². The lowest BCUT2D eigenvalue weighted by molar-refractivity contribution is 0.0759. The van der Waals surface area contributed by atoms with Gasteiger partial charge in [-0.3, -0.25) is 0 Å². The summed E-state index contributed by atoms with van der Waals surface area (Å²) < 4.78 is 24.5. The minimum atomic E-state index is -0.346. The predicted octanol–water partition coefficient (Wildman–Crippen LogP) is 0.943. The van der Waals surface area contributed by atoms with Crippen molar-refractivity contribution in [3.8, 4) is 0 Å². The van der Waals surface area contributed by atoms with Crippen molar-refractivity contribution in [3.63, 3.8) is 0 Å². The third-order valence-corrected chi connectivity index (χ3v) is 2.26. The number of rotatable bonds is 7. The molecular weight excluding hydrogens is 239 g/mol. The first kappa shape index (κ1) is 12.7. The van der Waals surface area contributed by atoms with E-state index in [4.69, 9.17) is 9.47 Å². The van der Waals surface area contributed by atoms with Gasteiger partial charge in [-0.2, -0.15) is 4.98 Å². The lowest BCUT2D eigenvalue weighted by atomic mass is 10.5. The average Bonchev–Trinajstić information content (AvgIpc) is 2.75. The molecule has 0 aromatic carbocycles. The molecular formula is C11H15FN4O2. The van der Waals surface area contributed by atoms with E-state index in [1.54, 1.807) is 13.2 Å². The summed E-state index contributed by atoms with van der Waals surface area (Å²) in [6.45, 7) is 2.25. The highest BCUT2D eigenvalue weighted by atomic mass is 19.1. The Hall–Kier alpha value is -1.73. The van der Waals surface area contributed by atoms with Gasteiger partial charge < -0.3 is 14.8 Å². The van der Waals surface area contributed by atoms with Gasteiger partial charge in [-0.15, -0.1) is 5.10 Å². The van der Waals surface area contributed by atoms with Crippen LogP contribution in [0.1, 0.15) is 0 Å². The van der Waals surface area contributed by atoms with Gasteiger partial charge in [-0.05, 0) is 12.1 Å². The molecule has 6 nitrogen and oxygen atoms in total. The number of halogens is 1. The van der Waals surface area contributed by atoms with Crippen LogP contribution in [0.15, 0.2) is 18.3 Å². The van der Waals surface area contributed by atoms with E-state index in [0.29, 0.717) is 38.0 Å². The van der Waals surface area contributed by atoms with Crippen LogP contribution >= 0.6 is 0 Å². The fraction of sp³-hybridized carbons (Fsp3) is 0.455. The molecule has 0 saturated heterocycles. The number of pyridine rings is 1. The van der Waals surface area contributed by atoms with Crippen molar-refractivity contribution in [2.45, 2.75) is 0 Å². The molecule has 2 aromatic rings. The summed E-state index contributed by atoms with van der Waals surface area (Å²) in [6, 6.07) is 2.92. The average molecular weight is 254 g/mol. The number of anilines is 1. The Morgan fingerprint density at radius 2 is 2.22 bits per heavy atom. The summed E-state index contributed by atoms with van der Waals surface area (Å²) in [7, 11) is 1.63. The van der Waals surface area contributed by atoms with Gasteiger partial charge in [-0.25, -0.2) is 8.91 Å². The van der Waals surface area contributed by atoms with Crippen LogP contribution in [-0.2, 0) is 9.47 Å². The Morgan fingerprint density at radius 1 is 1.33 bits per heavy atom. The van der Waals surface area contributed by atoms with Gasteiger partial charge in [0.1, 0.15) is 5.82 Å². The lowest BCUT2D eigenvalue weighted by Gasteiger charge is -2.03. The molecule has 7 heteroatoms. The summed E-state index contributed by atoms with van der Waals surface area (Å²) in [6.07, 6.45) is 1.28. The van der Waals surface area contributed by atoms with E-state index in [-0.39, 0.29) is 5.82 Å². The van der Waals surface area contributed by atoms with Gasteiger partial charge in [0, 0.05) is 13.7 Å². The summed E-state index contributed by atoms with van der Waals surface area (Å²) in [5.41, 5.74) is 0.596. The van der Waals surface area contributed by atoms with E-state index in [1.165, 1.54) is 16.8 Å². The monoisotopic (exact) mass is 254 g/mol. The third-order valence-electron chi connectivity index (χ3n) is 2.26. The van der Waals surface area contributed by atoms with Gasteiger partial charge in [0.05, 0.1) is 26.0 Å². The maximum Gasteiger partial charge on any atom is 0.243 e. The van der Waals surface area contributed by atoms with E-state index in [0.717, 1.165) is 0 Å². The van der Waals surface area contributed by atoms with E-state index < -0.39 is 0 Å². The molecule has 98 valence electrons. The van der Waals surface area contributed by atoms with Gasteiger partial charge >= 0.3 is 0 Å². The Labute approximate surface area is 104 Å². The van der Waals surface area contributed by atoms with Crippen LogP contribution in [0.25, 0.3) is 5.65 Å². The second-order valence-electron chi connectivity index (χ2n) is 3.62. The molecule has 2 aromatic heterocycles. The van der Waals surface area contributed by atoms with Crippen molar-refractivity contribution in [1.29, 1.82) is 0 Å². The highest BCUT2D eigenvalue weighted by molar-refractivity contribution is 5.42. The van der Waals surface area contributed by atoms with Crippen LogP contribution in [0.4, 0.5) is 10.3 Å². The Bertz CT molecular complexity index is 503. The number of methoxy groups -OCH3 is 1. The molecule has 0 unspecified atom stereocenters. The molecule has 2 heterocycles. The molecule has 18 heavy (non-hydrogen) atoms. The second-order valence-corrected chi connectivity index (χ2v) is 3.62. The van der Waals surface area contributed by atoms with Crippen molar-refractivity contribution in [1.82, 2.24) is 14.6 Å². The molecule has 0 spiro atoms. The zero-order valence-electron chi connectivity index (χ0n) is 10.1. The third kappa shape index (κ3) is 3.38. The lowest BCUT2D eigenvalue weighted by Crippen LogP contribution is -2.12. The number of nitrogens with one attached hydrogen (secondary N) is 1. The zero-order valence-corrected chi connectivity index (χ0v) is 10.1. The summed E-state index contributed by atoms with van der Waals surface area (Å²) in [5, 5.41) is 7.08. The van der Waals surface area contributed by atoms with E-state index in [9.17, 15) is 4.39 Å². The van der Waals surface area contributed by atoms with Crippen molar-refractivity contribution in [2.24, 2.45) is 0 Å². The Morgan fingerprint density at radius 3 is 3.06 bits per heavy atom. The molecule has 2 rings (SSSR count). The van der Waals surface area contributed by atoms with Crippen LogP contribution in [0.2, 0.25) is 0 Å². The molecule has 0 aliphatic rings. The minimum absolute atomic E-state index is 0.346. The quantitative estimate of drug-likeness (QED) is 0.745. The molecule has 0 amide bonds.